The lowest BCUT2D eigenvalue weighted by Gasteiger charge is -2.59. The highest BCUT2D eigenvalue weighted by molar-refractivity contribution is 5.08. The molecular formula is C26H52. The van der Waals surface area contributed by atoms with Gasteiger partial charge in [0, 0.05) is 0 Å². The Morgan fingerprint density at radius 3 is 1.92 bits per heavy atom. The summed E-state index contributed by atoms with van der Waals surface area (Å²) >= 11 is 0. The maximum absolute atomic E-state index is 2.68. The predicted molar refractivity (Wildman–Crippen MR) is 119 cm³/mol. The van der Waals surface area contributed by atoms with Crippen molar-refractivity contribution >= 4 is 0 Å². The van der Waals surface area contributed by atoms with Gasteiger partial charge >= 0.3 is 0 Å². The lowest BCUT2D eigenvalue weighted by Crippen LogP contribution is -2.51. The highest BCUT2D eigenvalue weighted by Crippen LogP contribution is 2.67. The first-order chi connectivity index (χ1) is 12.4. The molecule has 0 nitrogen and oxygen atoms in total. The zero-order valence-corrected chi connectivity index (χ0v) is 20.1. The molecule has 0 amide bonds. The molecule has 3 aliphatic carbocycles. The van der Waals surface area contributed by atoms with Crippen LogP contribution in [-0.2, 0) is 0 Å². The van der Waals surface area contributed by atoms with Crippen LogP contribution >= 0.6 is 0 Å². The molecule has 0 saturated heterocycles. The number of rotatable bonds is 3. The van der Waals surface area contributed by atoms with Crippen molar-refractivity contribution in [1.82, 2.24) is 0 Å². The van der Waals surface area contributed by atoms with Crippen LogP contribution in [-0.4, -0.2) is 0 Å². The highest BCUT2D eigenvalue weighted by atomic mass is 14.6. The van der Waals surface area contributed by atoms with E-state index in [1.54, 1.807) is 6.42 Å². The van der Waals surface area contributed by atoms with Crippen LogP contribution in [0.15, 0.2) is 0 Å². The smallest absolute Gasteiger partial charge is 0.0264 e. The third kappa shape index (κ3) is 3.91. The maximum Gasteiger partial charge on any atom is -0.0264 e. The lowest BCUT2D eigenvalue weighted by molar-refractivity contribution is -0.102. The Morgan fingerprint density at radius 2 is 1.42 bits per heavy atom. The van der Waals surface area contributed by atoms with Gasteiger partial charge < -0.3 is 0 Å². The van der Waals surface area contributed by atoms with E-state index in [1.807, 2.05) is 27.7 Å². The quantitative estimate of drug-likeness (QED) is 0.468. The summed E-state index contributed by atoms with van der Waals surface area (Å²) in [5, 5.41) is 0. The molecule has 0 bridgehead atoms. The summed E-state index contributed by atoms with van der Waals surface area (Å²) in [7, 11) is 0. The van der Waals surface area contributed by atoms with Crippen LogP contribution in [0, 0.1) is 46.3 Å². The van der Waals surface area contributed by atoms with Crippen LogP contribution in [0.2, 0.25) is 0 Å². The van der Waals surface area contributed by atoms with Gasteiger partial charge in [-0.25, -0.2) is 0 Å². The van der Waals surface area contributed by atoms with Crippen LogP contribution in [0.25, 0.3) is 0 Å². The Morgan fingerprint density at radius 1 is 0.808 bits per heavy atom. The number of hydrogen-bond acceptors (Lipinski definition) is 0. The normalized spacial score (nSPS) is 44.2. The summed E-state index contributed by atoms with van der Waals surface area (Å²) < 4.78 is 0. The van der Waals surface area contributed by atoms with Crippen molar-refractivity contribution in [3.8, 4) is 0 Å². The SMILES string of the molecule is CC.CC.CCC1CCC2C(CCC3(C)C(C(C)C)CCC23)C1(C)CC. The first kappa shape index (κ1) is 24.0. The van der Waals surface area contributed by atoms with Gasteiger partial charge in [-0.1, -0.05) is 82.1 Å². The summed E-state index contributed by atoms with van der Waals surface area (Å²) in [6.45, 7) is 23.2. The third-order valence-electron chi connectivity index (χ3n) is 9.20. The average molecular weight is 365 g/mol. The van der Waals surface area contributed by atoms with Gasteiger partial charge in [0.1, 0.15) is 0 Å². The van der Waals surface area contributed by atoms with Crippen LogP contribution < -0.4 is 0 Å². The van der Waals surface area contributed by atoms with E-state index in [0.29, 0.717) is 10.8 Å². The van der Waals surface area contributed by atoms with E-state index in [2.05, 4.69) is 41.5 Å². The molecule has 3 aliphatic rings. The van der Waals surface area contributed by atoms with Crippen LogP contribution in [0.5, 0.6) is 0 Å². The maximum atomic E-state index is 2.68. The molecule has 0 aromatic rings. The fourth-order valence-electron chi connectivity index (χ4n) is 7.89. The third-order valence-corrected chi connectivity index (χ3v) is 9.20. The Labute approximate surface area is 167 Å². The standard InChI is InChI=1S/C22H40.2C2H6/c1-7-16-9-10-17-19-12-11-18(15(3)4)22(19,6)14-13-20(17)21(16,5)8-2;2*1-2/h15-20H,7-14H2,1-6H3;2*1-2H3. The van der Waals surface area contributed by atoms with Crippen molar-refractivity contribution in [3.05, 3.63) is 0 Å². The second-order valence-electron chi connectivity index (χ2n) is 9.89. The highest BCUT2D eigenvalue weighted by Gasteiger charge is 2.58. The number of fused-ring (bicyclic) bond motifs is 3. The number of hydrogen-bond donors (Lipinski definition) is 0. The Balaban J connectivity index is 0.000000791. The zero-order chi connectivity index (χ0) is 20.1. The molecule has 0 heterocycles. The molecule has 0 aromatic carbocycles. The van der Waals surface area contributed by atoms with Crippen molar-refractivity contribution in [1.29, 1.82) is 0 Å². The second-order valence-corrected chi connectivity index (χ2v) is 9.89. The first-order valence-corrected chi connectivity index (χ1v) is 12.4. The van der Waals surface area contributed by atoms with Gasteiger partial charge in [0.15, 0.2) is 0 Å². The molecule has 0 aromatic heterocycles. The predicted octanol–water partition coefficient (Wildman–Crippen LogP) is 8.99. The van der Waals surface area contributed by atoms with Crippen LogP contribution in [0.1, 0.15) is 121 Å². The molecule has 0 spiro atoms. The van der Waals surface area contributed by atoms with E-state index in [0.717, 1.165) is 35.5 Å². The minimum absolute atomic E-state index is 0.634. The Kier molecular flexibility index (Phi) is 9.22. The zero-order valence-electron chi connectivity index (χ0n) is 20.1. The molecular weight excluding hydrogens is 312 g/mol. The average Bonchev–Trinajstić information content (AvgIpc) is 3.03. The molecule has 0 radical (unpaired) electrons. The molecule has 0 N–H and O–H groups in total. The van der Waals surface area contributed by atoms with E-state index in [4.69, 9.17) is 0 Å². The van der Waals surface area contributed by atoms with Crippen LogP contribution in [0.4, 0.5) is 0 Å². The van der Waals surface area contributed by atoms with Gasteiger partial charge in [-0.2, -0.15) is 0 Å². The van der Waals surface area contributed by atoms with Crippen molar-refractivity contribution < 1.29 is 0 Å². The monoisotopic (exact) mass is 364 g/mol. The largest absolute Gasteiger partial charge is 0.0683 e. The molecule has 0 aliphatic heterocycles. The van der Waals surface area contributed by atoms with Crippen molar-refractivity contribution in [3.63, 3.8) is 0 Å². The summed E-state index contributed by atoms with van der Waals surface area (Å²) in [6.07, 6.45) is 12.0. The van der Waals surface area contributed by atoms with Gasteiger partial charge in [-0.3, -0.25) is 0 Å². The molecule has 3 saturated carbocycles. The van der Waals surface area contributed by atoms with Gasteiger partial charge in [0.2, 0.25) is 0 Å². The van der Waals surface area contributed by atoms with E-state index < -0.39 is 0 Å². The van der Waals surface area contributed by atoms with E-state index in [9.17, 15) is 0 Å². The minimum Gasteiger partial charge on any atom is -0.0683 e. The molecule has 0 heteroatoms. The minimum atomic E-state index is 0.634. The Bertz CT molecular complexity index is 397. The van der Waals surface area contributed by atoms with Crippen molar-refractivity contribution in [2.75, 3.05) is 0 Å². The second kappa shape index (κ2) is 9.97. The van der Waals surface area contributed by atoms with Crippen LogP contribution in [0.3, 0.4) is 0 Å². The van der Waals surface area contributed by atoms with Gasteiger partial charge in [-0.05, 0) is 84.9 Å². The molecule has 3 rings (SSSR count). The van der Waals surface area contributed by atoms with E-state index >= 15 is 0 Å². The van der Waals surface area contributed by atoms with Gasteiger partial charge in [0.05, 0.1) is 0 Å². The lowest BCUT2D eigenvalue weighted by atomic mass is 9.46. The molecule has 3 fully saturated rings. The van der Waals surface area contributed by atoms with Gasteiger partial charge in [-0.15, -0.1) is 0 Å². The Hall–Kier alpha value is 0. The fourth-order valence-corrected chi connectivity index (χ4v) is 7.89. The fraction of sp³-hybridized carbons (Fsp3) is 1.00. The van der Waals surface area contributed by atoms with Crippen molar-refractivity contribution in [2.45, 2.75) is 121 Å². The van der Waals surface area contributed by atoms with E-state index in [1.165, 1.54) is 44.9 Å². The summed E-state index contributed by atoms with van der Waals surface area (Å²) in [5.41, 5.74) is 1.30. The first-order valence-electron chi connectivity index (χ1n) is 12.4. The molecule has 156 valence electrons. The summed E-state index contributed by atoms with van der Waals surface area (Å²) in [6, 6.07) is 0. The molecule has 26 heavy (non-hydrogen) atoms. The topological polar surface area (TPSA) is 0 Å². The summed E-state index contributed by atoms with van der Waals surface area (Å²) in [5.74, 6) is 5.99. The molecule has 7 atom stereocenters. The van der Waals surface area contributed by atoms with E-state index in [-0.39, 0.29) is 0 Å². The van der Waals surface area contributed by atoms with Crippen molar-refractivity contribution in [2.24, 2.45) is 46.3 Å². The van der Waals surface area contributed by atoms with Gasteiger partial charge in [0.25, 0.3) is 0 Å². The summed E-state index contributed by atoms with van der Waals surface area (Å²) in [4.78, 5) is 0. The molecule has 7 unspecified atom stereocenters.